The van der Waals surface area contributed by atoms with Crippen LogP contribution in [0.5, 0.6) is 0 Å². The van der Waals surface area contributed by atoms with Crippen LogP contribution in [0.15, 0.2) is 41.0 Å². The number of fused-ring (bicyclic) bond motifs is 1. The molecule has 7 heteroatoms. The first-order valence-electron chi connectivity index (χ1n) is 6.10. The molecule has 0 aliphatic rings. The van der Waals surface area contributed by atoms with Gasteiger partial charge in [-0.3, -0.25) is 9.59 Å². The molecule has 21 heavy (non-hydrogen) atoms. The molecule has 5 N–H and O–H groups in total. The molecule has 2 heterocycles. The van der Waals surface area contributed by atoms with Crippen molar-refractivity contribution >= 4 is 29.0 Å². The molecule has 0 radical (unpaired) electrons. The van der Waals surface area contributed by atoms with E-state index >= 15 is 0 Å². The van der Waals surface area contributed by atoms with Crippen LogP contribution in [0.4, 0.5) is 5.82 Å². The highest BCUT2D eigenvalue weighted by Crippen LogP contribution is 2.31. The highest BCUT2D eigenvalue weighted by Gasteiger charge is 2.20. The third-order valence-corrected chi connectivity index (χ3v) is 3.20. The van der Waals surface area contributed by atoms with Crippen molar-refractivity contribution in [3.63, 3.8) is 0 Å². The maximum absolute atomic E-state index is 11.6. The van der Waals surface area contributed by atoms with E-state index in [0.29, 0.717) is 23.1 Å². The van der Waals surface area contributed by atoms with Crippen molar-refractivity contribution in [2.24, 2.45) is 11.6 Å². The second kappa shape index (κ2) is 4.80. The summed E-state index contributed by atoms with van der Waals surface area (Å²) in [5.41, 5.74) is 7.00. The maximum atomic E-state index is 11.6. The third-order valence-electron chi connectivity index (χ3n) is 3.20. The summed E-state index contributed by atoms with van der Waals surface area (Å²) in [7, 11) is 0. The summed E-state index contributed by atoms with van der Waals surface area (Å²) >= 11 is 0. The van der Waals surface area contributed by atoms with Gasteiger partial charge in [0.05, 0.1) is 11.8 Å². The molecule has 3 rings (SSSR count). The third kappa shape index (κ3) is 2.05. The molecule has 0 unspecified atom stereocenters. The summed E-state index contributed by atoms with van der Waals surface area (Å²) in [6, 6.07) is 8.92. The van der Waals surface area contributed by atoms with Crippen LogP contribution in [-0.4, -0.2) is 17.3 Å². The van der Waals surface area contributed by atoms with Crippen LogP contribution < -0.4 is 16.6 Å². The summed E-state index contributed by atoms with van der Waals surface area (Å²) in [5.74, 6) is 5.71. The molecule has 0 saturated carbocycles. The number of H-pyrrole nitrogens is 1. The molecule has 0 atom stereocenters. The molecular weight excluding hydrogens is 272 g/mol. The number of anilines is 1. The molecule has 7 nitrogen and oxygen atoms in total. The van der Waals surface area contributed by atoms with Crippen LogP contribution in [0.3, 0.4) is 0 Å². The summed E-state index contributed by atoms with van der Waals surface area (Å²) in [5, 5.41) is 1.37. The first kappa shape index (κ1) is 12.9. The zero-order valence-electron chi connectivity index (χ0n) is 10.9. The van der Waals surface area contributed by atoms with Crippen molar-refractivity contribution < 1.29 is 14.0 Å². The standard InChI is InChI=1S/C14H12N4O3/c15-13(20)12-9-4-3-8(11-2-1-5-21-11)6-10(9)17-14(12)18(16)7-19/h1-7,17H,16H2,(H2,15,20). The number of hydrazine groups is 1. The minimum absolute atomic E-state index is 0.157. The summed E-state index contributed by atoms with van der Waals surface area (Å²) in [6.45, 7) is 0. The van der Waals surface area contributed by atoms with Gasteiger partial charge in [-0.2, -0.15) is 0 Å². The van der Waals surface area contributed by atoms with E-state index in [1.807, 2.05) is 6.07 Å². The Morgan fingerprint density at radius 3 is 2.76 bits per heavy atom. The van der Waals surface area contributed by atoms with Crippen molar-refractivity contribution in [1.82, 2.24) is 4.98 Å². The molecule has 2 aromatic heterocycles. The monoisotopic (exact) mass is 284 g/mol. The number of benzene rings is 1. The van der Waals surface area contributed by atoms with Gasteiger partial charge in [-0.15, -0.1) is 0 Å². The lowest BCUT2D eigenvalue weighted by molar-refractivity contribution is -0.107. The number of aromatic amines is 1. The molecule has 0 spiro atoms. The number of amides is 2. The van der Waals surface area contributed by atoms with Gasteiger partial charge in [0, 0.05) is 16.5 Å². The fourth-order valence-electron chi connectivity index (χ4n) is 2.28. The number of hydrogen-bond donors (Lipinski definition) is 3. The number of carbonyl (C=O) groups excluding carboxylic acids is 2. The predicted molar refractivity (Wildman–Crippen MR) is 77.2 cm³/mol. The predicted octanol–water partition coefficient (Wildman–Crippen LogP) is 1.36. The minimum Gasteiger partial charge on any atom is -0.464 e. The van der Waals surface area contributed by atoms with Crippen molar-refractivity contribution in [2.75, 3.05) is 5.01 Å². The van der Waals surface area contributed by atoms with Crippen LogP contribution in [0.2, 0.25) is 0 Å². The zero-order chi connectivity index (χ0) is 15.0. The highest BCUT2D eigenvalue weighted by atomic mass is 16.3. The lowest BCUT2D eigenvalue weighted by atomic mass is 10.1. The lowest BCUT2D eigenvalue weighted by Crippen LogP contribution is -2.31. The van der Waals surface area contributed by atoms with E-state index in [2.05, 4.69) is 4.98 Å². The van der Waals surface area contributed by atoms with Crippen molar-refractivity contribution in [2.45, 2.75) is 0 Å². The highest BCUT2D eigenvalue weighted by molar-refractivity contribution is 6.12. The van der Waals surface area contributed by atoms with E-state index in [-0.39, 0.29) is 11.4 Å². The SMILES string of the molecule is NC(=O)c1c(N(N)C=O)[nH]c2cc(-c3ccco3)ccc12. The van der Waals surface area contributed by atoms with Gasteiger partial charge in [0.2, 0.25) is 6.41 Å². The van der Waals surface area contributed by atoms with Gasteiger partial charge in [0.15, 0.2) is 0 Å². The van der Waals surface area contributed by atoms with Gasteiger partial charge in [-0.05, 0) is 18.2 Å². The fraction of sp³-hybridized carbons (Fsp3) is 0. The van der Waals surface area contributed by atoms with E-state index in [1.54, 1.807) is 30.5 Å². The van der Waals surface area contributed by atoms with Crippen LogP contribution in [0.1, 0.15) is 10.4 Å². The van der Waals surface area contributed by atoms with Crippen LogP contribution in [0, 0.1) is 0 Å². The summed E-state index contributed by atoms with van der Waals surface area (Å²) in [4.78, 5) is 25.4. The first-order chi connectivity index (χ1) is 10.1. The van der Waals surface area contributed by atoms with Crippen LogP contribution >= 0.6 is 0 Å². The number of carbonyl (C=O) groups is 2. The Morgan fingerprint density at radius 2 is 2.14 bits per heavy atom. The molecule has 106 valence electrons. The number of primary amides is 1. The maximum Gasteiger partial charge on any atom is 0.253 e. The average Bonchev–Trinajstić information content (AvgIpc) is 3.12. The Labute approximate surface area is 119 Å². The molecule has 2 amide bonds. The zero-order valence-corrected chi connectivity index (χ0v) is 10.9. The first-order valence-corrected chi connectivity index (χ1v) is 6.10. The summed E-state index contributed by atoms with van der Waals surface area (Å²) in [6.07, 6.45) is 1.97. The number of hydrogen-bond acceptors (Lipinski definition) is 4. The lowest BCUT2D eigenvalue weighted by Gasteiger charge is -2.08. The van der Waals surface area contributed by atoms with Gasteiger partial charge in [0.25, 0.3) is 5.91 Å². The minimum atomic E-state index is -0.667. The van der Waals surface area contributed by atoms with E-state index < -0.39 is 5.91 Å². The number of furan rings is 1. The van der Waals surface area contributed by atoms with Crippen LogP contribution in [-0.2, 0) is 4.79 Å². The molecule has 0 aliphatic carbocycles. The Balaban J connectivity index is 2.23. The molecule has 0 bridgehead atoms. The summed E-state index contributed by atoms with van der Waals surface area (Å²) < 4.78 is 5.32. The molecule has 1 aromatic carbocycles. The Morgan fingerprint density at radius 1 is 1.33 bits per heavy atom. The smallest absolute Gasteiger partial charge is 0.253 e. The van der Waals surface area contributed by atoms with Crippen LogP contribution in [0.25, 0.3) is 22.2 Å². The molecule has 0 saturated heterocycles. The average molecular weight is 284 g/mol. The largest absolute Gasteiger partial charge is 0.464 e. The Hall–Kier alpha value is -3.06. The molecule has 3 aromatic rings. The van der Waals surface area contributed by atoms with E-state index in [9.17, 15) is 9.59 Å². The van der Waals surface area contributed by atoms with E-state index in [4.69, 9.17) is 16.0 Å². The van der Waals surface area contributed by atoms with Crippen molar-refractivity contribution in [3.05, 3.63) is 42.2 Å². The van der Waals surface area contributed by atoms with E-state index in [1.165, 1.54) is 0 Å². The van der Waals surface area contributed by atoms with Crippen molar-refractivity contribution in [1.29, 1.82) is 0 Å². The quantitative estimate of drug-likeness (QED) is 0.290. The molecular formula is C14H12N4O3. The van der Waals surface area contributed by atoms with Gasteiger partial charge < -0.3 is 15.1 Å². The molecule has 0 fully saturated rings. The Bertz CT molecular complexity index is 820. The number of nitrogens with one attached hydrogen (secondary N) is 1. The number of nitrogens with two attached hydrogens (primary N) is 2. The van der Waals surface area contributed by atoms with Crippen molar-refractivity contribution in [3.8, 4) is 11.3 Å². The second-order valence-electron chi connectivity index (χ2n) is 4.46. The normalized spacial score (nSPS) is 10.7. The van der Waals surface area contributed by atoms with Gasteiger partial charge in [-0.25, -0.2) is 10.9 Å². The van der Waals surface area contributed by atoms with E-state index in [0.717, 1.165) is 10.6 Å². The number of aromatic nitrogens is 1. The number of rotatable bonds is 4. The van der Waals surface area contributed by atoms with Gasteiger partial charge in [-0.1, -0.05) is 12.1 Å². The number of nitrogens with zero attached hydrogens (tertiary/aromatic N) is 1. The Kier molecular flexibility index (Phi) is 2.96. The molecule has 0 aliphatic heterocycles. The van der Waals surface area contributed by atoms with Gasteiger partial charge in [0.1, 0.15) is 11.6 Å². The topological polar surface area (TPSA) is 118 Å². The second-order valence-corrected chi connectivity index (χ2v) is 4.46. The fourth-order valence-corrected chi connectivity index (χ4v) is 2.28. The van der Waals surface area contributed by atoms with Gasteiger partial charge >= 0.3 is 0 Å².